The quantitative estimate of drug-likeness (QED) is 0.150. The number of ether oxygens (including phenoxy) is 1. The van der Waals surface area contributed by atoms with E-state index in [0.29, 0.717) is 17.8 Å². The van der Waals surface area contributed by atoms with E-state index in [2.05, 4.69) is 210 Å². The van der Waals surface area contributed by atoms with Crippen molar-refractivity contribution < 1.29 is 4.74 Å². The van der Waals surface area contributed by atoms with E-state index in [-0.39, 0.29) is 6.71 Å². The normalized spacial score (nSPS) is 14.0. The van der Waals surface area contributed by atoms with Gasteiger partial charge >= 0.3 is 332 Å². The van der Waals surface area contributed by atoms with E-state index in [0.717, 1.165) is 28.6 Å². The van der Waals surface area contributed by atoms with Gasteiger partial charge in [0.1, 0.15) is 0 Å². The van der Waals surface area contributed by atoms with Crippen LogP contribution in [-0.2, 0) is 0 Å². The second-order valence-electron chi connectivity index (χ2n) is 16.2. The predicted molar refractivity (Wildman–Crippen MR) is 238 cm³/mol. The first-order valence-corrected chi connectivity index (χ1v) is 24.2. The molecular weight excluding hydrogens is 726 g/mol. The van der Waals surface area contributed by atoms with Crippen molar-refractivity contribution in [3.63, 3.8) is 0 Å². The Kier molecular flexibility index (Phi) is 9.09. The molecule has 2 heterocycles. The Bertz CT molecular complexity index is 2410. The van der Waals surface area contributed by atoms with Crippen molar-refractivity contribution >= 4 is 71.0 Å². The summed E-state index contributed by atoms with van der Waals surface area (Å²) in [6.07, 6.45) is 0. The Morgan fingerprint density at radius 1 is 0.473 bits per heavy atom. The fourth-order valence-corrected chi connectivity index (χ4v) is 20.6. The van der Waals surface area contributed by atoms with Crippen LogP contribution in [0.15, 0.2) is 164 Å². The van der Waals surface area contributed by atoms with E-state index in [4.69, 9.17) is 4.74 Å². The van der Waals surface area contributed by atoms with Crippen LogP contribution < -0.4 is 43.6 Å². The zero-order chi connectivity index (χ0) is 37.8. The Hall–Kier alpha value is -5.25. The van der Waals surface area contributed by atoms with Crippen molar-refractivity contribution in [2.45, 2.75) is 59.3 Å². The van der Waals surface area contributed by atoms with Gasteiger partial charge in [0.05, 0.1) is 0 Å². The van der Waals surface area contributed by atoms with Crippen LogP contribution in [0, 0.1) is 0 Å². The third-order valence-electron chi connectivity index (χ3n) is 12.0. The van der Waals surface area contributed by atoms with Gasteiger partial charge in [-0.25, -0.2) is 0 Å². The van der Waals surface area contributed by atoms with Gasteiger partial charge in [-0.3, -0.25) is 0 Å². The summed E-state index contributed by atoms with van der Waals surface area (Å²) in [5.74, 6) is 2.94. The molecule has 0 aliphatic carbocycles. The molecule has 0 fully saturated rings. The summed E-state index contributed by atoms with van der Waals surface area (Å²) in [5, 5.41) is 0. The topological polar surface area (TPSA) is 12.5 Å². The zero-order valence-corrected chi connectivity index (χ0v) is 34.9. The van der Waals surface area contributed by atoms with E-state index in [1.165, 1.54) is 50.7 Å². The number of rotatable bonds is 7. The molecular formula is C51H48BGeNO. The van der Waals surface area contributed by atoms with Gasteiger partial charge in [0.25, 0.3) is 0 Å². The van der Waals surface area contributed by atoms with E-state index in [1.807, 2.05) is 0 Å². The molecule has 2 nitrogen and oxygen atoms in total. The van der Waals surface area contributed by atoms with Crippen molar-refractivity contribution in [1.29, 1.82) is 0 Å². The first-order chi connectivity index (χ1) is 26.8. The molecule has 0 saturated carbocycles. The van der Waals surface area contributed by atoms with Crippen LogP contribution in [0.3, 0.4) is 0 Å². The minimum absolute atomic E-state index is 0.0895. The molecule has 7 aromatic carbocycles. The number of hydrogen-bond acceptors (Lipinski definition) is 2. The van der Waals surface area contributed by atoms with Gasteiger partial charge in [-0.2, -0.15) is 0 Å². The summed E-state index contributed by atoms with van der Waals surface area (Å²) < 4.78 is 12.4. The summed E-state index contributed by atoms with van der Waals surface area (Å²) in [6.45, 7) is 14.3. The Balaban J connectivity index is 1.43. The maximum absolute atomic E-state index is 6.51. The number of para-hydroxylation sites is 4. The standard InChI is InChI=1S/C51H48BGeNO/c1-34(2)37-31-41(35(3)4)51(42(32-37)36(5)6)52-43-23-13-14-24-45(43)53(38-19-9-7-10-20-38,39-21-11-8-12-22-39)46-33-40(29-30-44(46)52)54-47-25-15-17-27-49(47)55-50-28-18-16-26-48(50)54/h7-36H,1-6H3. The third-order valence-corrected chi connectivity index (χ3v) is 22.3. The number of nitrogens with zero attached hydrogens (tertiary/aromatic N) is 1. The van der Waals surface area contributed by atoms with Crippen molar-refractivity contribution in [3.05, 3.63) is 180 Å². The number of hydrogen-bond donors (Lipinski definition) is 0. The van der Waals surface area contributed by atoms with E-state index < -0.39 is 13.3 Å². The van der Waals surface area contributed by atoms with Gasteiger partial charge in [0, 0.05) is 0 Å². The number of fused-ring (bicyclic) bond motifs is 4. The molecule has 0 spiro atoms. The van der Waals surface area contributed by atoms with Gasteiger partial charge in [-0.1, -0.05) is 0 Å². The monoisotopic (exact) mass is 775 g/mol. The molecule has 0 aromatic heterocycles. The fraction of sp³-hybridized carbons (Fsp3) is 0.176. The van der Waals surface area contributed by atoms with Gasteiger partial charge in [0.2, 0.25) is 0 Å². The molecule has 2 aliphatic heterocycles. The summed E-state index contributed by atoms with van der Waals surface area (Å²) in [6, 6.07) is 61.9. The van der Waals surface area contributed by atoms with Crippen molar-refractivity contribution in [2.75, 3.05) is 4.90 Å². The van der Waals surface area contributed by atoms with Crippen LogP contribution in [0.5, 0.6) is 11.5 Å². The molecule has 0 unspecified atom stereocenters. The Labute approximate surface area is 330 Å². The Morgan fingerprint density at radius 2 is 0.964 bits per heavy atom. The second kappa shape index (κ2) is 14.1. The average molecular weight is 774 g/mol. The van der Waals surface area contributed by atoms with Crippen LogP contribution in [0.2, 0.25) is 0 Å². The Morgan fingerprint density at radius 3 is 1.51 bits per heavy atom. The molecule has 0 atom stereocenters. The van der Waals surface area contributed by atoms with Crippen molar-refractivity contribution in [1.82, 2.24) is 0 Å². The van der Waals surface area contributed by atoms with Gasteiger partial charge in [0.15, 0.2) is 0 Å². The molecule has 0 saturated heterocycles. The van der Waals surface area contributed by atoms with Crippen molar-refractivity contribution in [2.24, 2.45) is 0 Å². The number of benzene rings is 7. The summed E-state index contributed by atoms with van der Waals surface area (Å²) in [7, 11) is 0. The SMILES string of the molecule is CC(C)c1cc(C(C)C)c(B2c3cccc[c]3[Ge]([c]3ccccc3)([c]3ccccc3)[c]3cc(N4c5ccccc5Oc5ccccc54)ccc32)c(C(C)C)c1. The van der Waals surface area contributed by atoms with E-state index >= 15 is 0 Å². The van der Waals surface area contributed by atoms with Crippen LogP contribution in [0.4, 0.5) is 17.1 Å². The van der Waals surface area contributed by atoms with E-state index in [1.54, 1.807) is 0 Å². The molecule has 0 amide bonds. The molecule has 0 N–H and O–H groups in total. The third kappa shape index (κ3) is 5.70. The molecule has 0 radical (unpaired) electrons. The average Bonchev–Trinajstić information content (AvgIpc) is 3.22. The molecule has 9 rings (SSSR count). The van der Waals surface area contributed by atoms with Crippen molar-refractivity contribution in [3.8, 4) is 11.5 Å². The maximum atomic E-state index is 6.51. The van der Waals surface area contributed by atoms with Crippen LogP contribution >= 0.6 is 0 Å². The molecule has 7 aromatic rings. The molecule has 4 heteroatoms. The van der Waals surface area contributed by atoms with Crippen LogP contribution in [0.25, 0.3) is 0 Å². The summed E-state index contributed by atoms with van der Waals surface area (Å²) in [5.41, 5.74) is 12.0. The molecule has 55 heavy (non-hydrogen) atoms. The fourth-order valence-electron chi connectivity index (χ4n) is 9.47. The van der Waals surface area contributed by atoms with E-state index in [9.17, 15) is 0 Å². The minimum atomic E-state index is -3.72. The summed E-state index contributed by atoms with van der Waals surface area (Å²) in [4.78, 5) is 2.42. The zero-order valence-electron chi connectivity index (χ0n) is 32.8. The molecule has 2 aliphatic rings. The summed E-state index contributed by atoms with van der Waals surface area (Å²) >= 11 is -3.72. The van der Waals surface area contributed by atoms with Gasteiger partial charge in [-0.05, 0) is 0 Å². The molecule has 0 bridgehead atoms. The predicted octanol–water partition coefficient (Wildman–Crippen LogP) is 8.84. The van der Waals surface area contributed by atoms with Gasteiger partial charge < -0.3 is 0 Å². The number of anilines is 3. The van der Waals surface area contributed by atoms with Crippen LogP contribution in [0.1, 0.15) is 76.0 Å². The van der Waals surface area contributed by atoms with Crippen LogP contribution in [-0.4, -0.2) is 20.0 Å². The first kappa shape index (κ1) is 35.4. The first-order valence-electron chi connectivity index (χ1n) is 20.0. The molecule has 270 valence electrons. The van der Waals surface area contributed by atoms with Gasteiger partial charge in [-0.15, -0.1) is 0 Å². The second-order valence-corrected chi connectivity index (χ2v) is 24.1.